The van der Waals surface area contributed by atoms with Crippen LogP contribution in [-0.2, 0) is 13.1 Å². The van der Waals surface area contributed by atoms with Gasteiger partial charge in [0.1, 0.15) is 5.82 Å². The van der Waals surface area contributed by atoms with E-state index in [1.807, 2.05) is 0 Å². The molecule has 0 fully saturated rings. The van der Waals surface area contributed by atoms with Crippen LogP contribution in [0.15, 0.2) is 29.1 Å². The first-order valence-corrected chi connectivity index (χ1v) is 5.03. The van der Waals surface area contributed by atoms with E-state index in [4.69, 9.17) is 11.6 Å². The monoisotopic (exact) mass is 241 g/mol. The minimum Gasteiger partial charge on any atom is -0.343 e. The van der Waals surface area contributed by atoms with E-state index in [0.717, 1.165) is 5.56 Å². The van der Waals surface area contributed by atoms with Gasteiger partial charge in [0, 0.05) is 6.54 Å². The van der Waals surface area contributed by atoms with Gasteiger partial charge in [-0.05, 0) is 17.7 Å². The van der Waals surface area contributed by atoms with Crippen molar-refractivity contribution in [3.05, 3.63) is 46.8 Å². The van der Waals surface area contributed by atoms with Crippen molar-refractivity contribution in [1.82, 2.24) is 15.5 Å². The number of aromatic nitrogens is 2. The standard InChI is InChI=1S/C10H9ClFN3O/c11-8-2-1-7(3-9(8)12)4-13-5-10-14-6-16-15-10/h1-3,6,13H,4-5H2. The Bertz CT molecular complexity index is 461. The summed E-state index contributed by atoms with van der Waals surface area (Å²) < 4.78 is 17.7. The highest BCUT2D eigenvalue weighted by molar-refractivity contribution is 6.30. The summed E-state index contributed by atoms with van der Waals surface area (Å²) in [5.74, 6) is 0.148. The number of rotatable bonds is 4. The quantitative estimate of drug-likeness (QED) is 0.891. The molecule has 0 aliphatic carbocycles. The third-order valence-electron chi connectivity index (χ3n) is 2.00. The summed E-state index contributed by atoms with van der Waals surface area (Å²) in [6.07, 6.45) is 1.26. The zero-order valence-electron chi connectivity index (χ0n) is 8.28. The smallest absolute Gasteiger partial charge is 0.213 e. The molecule has 1 aromatic carbocycles. The average molecular weight is 242 g/mol. The highest BCUT2D eigenvalue weighted by Gasteiger charge is 2.01. The van der Waals surface area contributed by atoms with Crippen LogP contribution in [0.3, 0.4) is 0 Å². The Balaban J connectivity index is 1.87. The summed E-state index contributed by atoms with van der Waals surface area (Å²) in [5.41, 5.74) is 0.811. The van der Waals surface area contributed by atoms with Crippen LogP contribution in [0.1, 0.15) is 11.4 Å². The van der Waals surface area contributed by atoms with Gasteiger partial charge in [-0.1, -0.05) is 22.8 Å². The van der Waals surface area contributed by atoms with Gasteiger partial charge in [0.05, 0.1) is 11.6 Å². The molecule has 0 radical (unpaired) electrons. The van der Waals surface area contributed by atoms with Crippen LogP contribution < -0.4 is 5.32 Å². The second-order valence-corrected chi connectivity index (χ2v) is 3.61. The molecule has 0 saturated heterocycles. The number of nitrogens with zero attached hydrogens (tertiary/aromatic N) is 2. The van der Waals surface area contributed by atoms with Crippen LogP contribution in [0.25, 0.3) is 0 Å². The Morgan fingerprint density at radius 2 is 2.25 bits per heavy atom. The van der Waals surface area contributed by atoms with Gasteiger partial charge < -0.3 is 9.84 Å². The van der Waals surface area contributed by atoms with Crippen molar-refractivity contribution < 1.29 is 8.91 Å². The lowest BCUT2D eigenvalue weighted by Crippen LogP contribution is -2.13. The summed E-state index contributed by atoms with van der Waals surface area (Å²) >= 11 is 5.57. The van der Waals surface area contributed by atoms with E-state index in [0.29, 0.717) is 18.9 Å². The van der Waals surface area contributed by atoms with Crippen molar-refractivity contribution in [2.75, 3.05) is 0 Å². The van der Waals surface area contributed by atoms with E-state index >= 15 is 0 Å². The van der Waals surface area contributed by atoms with Gasteiger partial charge in [-0.25, -0.2) is 4.39 Å². The van der Waals surface area contributed by atoms with Gasteiger partial charge in [0.15, 0.2) is 5.82 Å². The van der Waals surface area contributed by atoms with Crippen LogP contribution in [0.4, 0.5) is 4.39 Å². The van der Waals surface area contributed by atoms with Crippen molar-refractivity contribution in [3.8, 4) is 0 Å². The molecule has 6 heteroatoms. The largest absolute Gasteiger partial charge is 0.343 e. The Kier molecular flexibility index (Phi) is 3.48. The van der Waals surface area contributed by atoms with Crippen LogP contribution in [0.5, 0.6) is 0 Å². The maximum absolute atomic E-state index is 13.1. The fourth-order valence-electron chi connectivity index (χ4n) is 1.24. The minimum absolute atomic E-state index is 0.127. The van der Waals surface area contributed by atoms with E-state index in [-0.39, 0.29) is 5.02 Å². The number of hydrogen-bond acceptors (Lipinski definition) is 4. The van der Waals surface area contributed by atoms with Crippen LogP contribution in [0.2, 0.25) is 5.02 Å². The molecule has 4 nitrogen and oxygen atoms in total. The Hall–Kier alpha value is -1.46. The summed E-state index contributed by atoms with van der Waals surface area (Å²) in [6.45, 7) is 0.989. The summed E-state index contributed by atoms with van der Waals surface area (Å²) in [6, 6.07) is 4.68. The van der Waals surface area contributed by atoms with Crippen molar-refractivity contribution in [2.45, 2.75) is 13.1 Å². The van der Waals surface area contributed by atoms with Crippen molar-refractivity contribution in [3.63, 3.8) is 0 Å². The first-order valence-electron chi connectivity index (χ1n) is 4.65. The van der Waals surface area contributed by atoms with Crippen molar-refractivity contribution in [2.24, 2.45) is 0 Å². The second-order valence-electron chi connectivity index (χ2n) is 3.20. The molecule has 0 spiro atoms. The topological polar surface area (TPSA) is 51.0 Å². The Labute approximate surface area is 96.4 Å². The second kappa shape index (κ2) is 5.05. The highest BCUT2D eigenvalue weighted by Crippen LogP contribution is 2.15. The SMILES string of the molecule is Fc1cc(CNCc2ncon2)ccc1Cl. The lowest BCUT2D eigenvalue weighted by atomic mass is 10.2. The number of hydrogen-bond donors (Lipinski definition) is 1. The van der Waals surface area contributed by atoms with Crippen LogP contribution >= 0.6 is 11.6 Å². The number of halogens is 2. The number of benzene rings is 1. The van der Waals surface area contributed by atoms with Gasteiger partial charge in [-0.3, -0.25) is 0 Å². The van der Waals surface area contributed by atoms with E-state index in [2.05, 4.69) is 20.0 Å². The highest BCUT2D eigenvalue weighted by atomic mass is 35.5. The molecule has 1 N–H and O–H groups in total. The summed E-state index contributed by atoms with van der Waals surface area (Å²) in [7, 11) is 0. The molecule has 0 aliphatic rings. The Morgan fingerprint density at radius 1 is 1.38 bits per heavy atom. The van der Waals surface area contributed by atoms with Crippen LogP contribution in [-0.4, -0.2) is 10.1 Å². The lowest BCUT2D eigenvalue weighted by Gasteiger charge is -2.03. The minimum atomic E-state index is -0.416. The molecule has 0 saturated carbocycles. The van der Waals surface area contributed by atoms with E-state index < -0.39 is 5.82 Å². The third-order valence-corrected chi connectivity index (χ3v) is 2.31. The molecule has 2 aromatic rings. The lowest BCUT2D eigenvalue weighted by molar-refractivity contribution is 0.407. The normalized spacial score (nSPS) is 10.6. The third kappa shape index (κ3) is 2.77. The molecule has 0 aliphatic heterocycles. The maximum atomic E-state index is 13.1. The molecular weight excluding hydrogens is 233 g/mol. The molecule has 1 heterocycles. The summed E-state index contributed by atoms with van der Waals surface area (Å²) in [4.78, 5) is 3.84. The predicted molar refractivity (Wildman–Crippen MR) is 56.3 cm³/mol. The van der Waals surface area contributed by atoms with Gasteiger partial charge in [-0.15, -0.1) is 0 Å². The fraction of sp³-hybridized carbons (Fsp3) is 0.200. The first kappa shape index (κ1) is 11.0. The summed E-state index contributed by atoms with van der Waals surface area (Å²) in [5, 5.41) is 6.82. The molecule has 1 aromatic heterocycles. The molecule has 0 amide bonds. The van der Waals surface area contributed by atoms with E-state index in [1.165, 1.54) is 18.5 Å². The molecule has 84 valence electrons. The molecule has 2 rings (SSSR count). The molecule has 0 bridgehead atoms. The molecular formula is C10H9ClFN3O. The average Bonchev–Trinajstić information content (AvgIpc) is 2.76. The van der Waals surface area contributed by atoms with E-state index in [1.54, 1.807) is 6.07 Å². The van der Waals surface area contributed by atoms with Crippen LogP contribution in [0, 0.1) is 5.82 Å². The van der Waals surface area contributed by atoms with Crippen molar-refractivity contribution >= 4 is 11.6 Å². The zero-order valence-corrected chi connectivity index (χ0v) is 9.04. The molecule has 0 unspecified atom stereocenters. The van der Waals surface area contributed by atoms with E-state index in [9.17, 15) is 4.39 Å². The van der Waals surface area contributed by atoms with Gasteiger partial charge in [-0.2, -0.15) is 4.98 Å². The number of nitrogens with one attached hydrogen (secondary N) is 1. The van der Waals surface area contributed by atoms with Crippen molar-refractivity contribution in [1.29, 1.82) is 0 Å². The maximum Gasteiger partial charge on any atom is 0.213 e. The first-order chi connectivity index (χ1) is 7.75. The van der Waals surface area contributed by atoms with Gasteiger partial charge >= 0.3 is 0 Å². The predicted octanol–water partition coefficient (Wildman–Crippen LogP) is 2.15. The van der Waals surface area contributed by atoms with Gasteiger partial charge in [0.25, 0.3) is 0 Å². The molecule has 16 heavy (non-hydrogen) atoms. The molecule has 0 atom stereocenters. The zero-order chi connectivity index (χ0) is 11.4. The van der Waals surface area contributed by atoms with Gasteiger partial charge in [0.2, 0.25) is 6.39 Å². The fourth-order valence-corrected chi connectivity index (χ4v) is 1.36. The Morgan fingerprint density at radius 3 is 2.94 bits per heavy atom.